The fourth-order valence-electron chi connectivity index (χ4n) is 0.844. The average Bonchev–Trinajstić information content (AvgIpc) is 2.02. The second-order valence-electron chi connectivity index (χ2n) is 2.46. The van der Waals surface area contributed by atoms with E-state index in [0.717, 1.165) is 6.07 Å². The number of halogens is 1. The van der Waals surface area contributed by atoms with Crippen molar-refractivity contribution in [2.45, 2.75) is 0 Å². The molecule has 0 saturated heterocycles. The van der Waals surface area contributed by atoms with E-state index in [9.17, 15) is 12.8 Å². The number of hydrogen-bond acceptors (Lipinski definition) is 2. The highest BCUT2D eigenvalue weighted by Gasteiger charge is 2.15. The molecule has 0 atom stereocenters. The van der Waals surface area contributed by atoms with E-state index in [-0.39, 0.29) is 5.69 Å². The quantitative estimate of drug-likeness (QED) is 0.760. The van der Waals surface area contributed by atoms with Gasteiger partial charge in [0.2, 0.25) is 0 Å². The predicted octanol–water partition coefficient (Wildman–Crippen LogP) is 0.465. The van der Waals surface area contributed by atoms with E-state index in [1.807, 2.05) is 0 Å². The van der Waals surface area contributed by atoms with Crippen LogP contribution >= 0.6 is 0 Å². The smallest absolute Gasteiger partial charge is 0.258 e. The van der Waals surface area contributed by atoms with Crippen LogP contribution in [0.2, 0.25) is 0 Å². The van der Waals surface area contributed by atoms with Crippen LogP contribution in [0.4, 0.5) is 10.1 Å². The van der Waals surface area contributed by atoms with Gasteiger partial charge in [-0.1, -0.05) is 12.1 Å². The Morgan fingerprint density at radius 2 is 1.92 bits per heavy atom. The summed E-state index contributed by atoms with van der Waals surface area (Å²) in [4.78, 5) is 0. The Morgan fingerprint density at radius 3 is 2.38 bits per heavy atom. The van der Waals surface area contributed by atoms with Crippen molar-refractivity contribution >= 4 is 15.9 Å². The number of nitrogens with two attached hydrogens (primary N) is 1. The minimum Gasteiger partial charge on any atom is -0.258 e. The van der Waals surface area contributed by atoms with Crippen molar-refractivity contribution in [1.82, 2.24) is 0 Å². The summed E-state index contributed by atoms with van der Waals surface area (Å²) in [6.07, 6.45) is 0. The fourth-order valence-corrected chi connectivity index (χ4v) is 1.27. The molecule has 0 aliphatic carbocycles. The number of anilines is 1. The van der Waals surface area contributed by atoms with E-state index < -0.39 is 16.0 Å². The molecule has 0 saturated carbocycles. The van der Waals surface area contributed by atoms with Gasteiger partial charge in [0.25, 0.3) is 10.2 Å². The van der Waals surface area contributed by atoms with Crippen LogP contribution in [0, 0.1) is 5.82 Å². The number of rotatable bonds is 2. The first-order valence-electron chi connectivity index (χ1n) is 3.44. The van der Waals surface area contributed by atoms with Gasteiger partial charge in [-0.25, -0.2) is 9.53 Å². The molecule has 0 heterocycles. The van der Waals surface area contributed by atoms with Crippen molar-refractivity contribution in [3.8, 4) is 0 Å². The molecule has 0 amide bonds. The molecule has 0 aliphatic rings. The number of para-hydroxylation sites is 1. The van der Waals surface area contributed by atoms with Gasteiger partial charge in [0.05, 0.1) is 5.69 Å². The average molecular weight is 204 g/mol. The largest absolute Gasteiger partial charge is 0.298 e. The molecule has 4 nitrogen and oxygen atoms in total. The Bertz CT molecular complexity index is 405. The minimum absolute atomic E-state index is 0.0648. The Morgan fingerprint density at radius 1 is 1.38 bits per heavy atom. The van der Waals surface area contributed by atoms with Gasteiger partial charge >= 0.3 is 0 Å². The molecule has 0 aromatic heterocycles. The molecule has 0 fully saturated rings. The predicted molar refractivity (Wildman–Crippen MR) is 47.9 cm³/mol. The molecule has 2 N–H and O–H groups in total. The topological polar surface area (TPSA) is 63.4 Å². The third-order valence-corrected chi connectivity index (χ3v) is 2.53. The molecule has 13 heavy (non-hydrogen) atoms. The Balaban J connectivity index is 3.17. The van der Waals surface area contributed by atoms with Crippen LogP contribution in [0.25, 0.3) is 0 Å². The zero-order valence-corrected chi connectivity index (χ0v) is 7.75. The standard InChI is InChI=1S/C7H9FN2O2S/c1-10(13(9,11)12)7-5-3-2-4-6(7)8/h2-5H,1H3,(H2,9,11,12). The lowest BCUT2D eigenvalue weighted by atomic mass is 10.3. The van der Waals surface area contributed by atoms with E-state index in [1.54, 1.807) is 0 Å². The first-order chi connectivity index (χ1) is 5.93. The molecule has 0 bridgehead atoms. The lowest BCUT2D eigenvalue weighted by Gasteiger charge is -2.15. The van der Waals surface area contributed by atoms with Crippen LogP contribution in [0.1, 0.15) is 0 Å². The molecule has 0 aliphatic heterocycles. The van der Waals surface area contributed by atoms with Gasteiger partial charge in [0.1, 0.15) is 5.82 Å². The second-order valence-corrected chi connectivity index (χ2v) is 4.04. The molecule has 0 spiro atoms. The van der Waals surface area contributed by atoms with Crippen LogP contribution < -0.4 is 9.44 Å². The molecule has 1 aromatic rings. The summed E-state index contributed by atoms with van der Waals surface area (Å²) in [5.41, 5.74) is -0.0648. The number of hydrogen-bond donors (Lipinski definition) is 1. The summed E-state index contributed by atoms with van der Waals surface area (Å²) in [6.45, 7) is 0. The molecule has 1 rings (SSSR count). The van der Waals surface area contributed by atoms with Gasteiger partial charge in [-0.15, -0.1) is 0 Å². The van der Waals surface area contributed by atoms with Crippen molar-refractivity contribution in [1.29, 1.82) is 0 Å². The lowest BCUT2D eigenvalue weighted by Crippen LogP contribution is -2.33. The van der Waals surface area contributed by atoms with Crippen molar-refractivity contribution in [3.05, 3.63) is 30.1 Å². The van der Waals surface area contributed by atoms with Crippen LogP contribution in [0.15, 0.2) is 24.3 Å². The van der Waals surface area contributed by atoms with Crippen LogP contribution in [0.3, 0.4) is 0 Å². The van der Waals surface area contributed by atoms with Gasteiger partial charge in [0, 0.05) is 7.05 Å². The number of benzene rings is 1. The van der Waals surface area contributed by atoms with Gasteiger partial charge in [-0.2, -0.15) is 8.42 Å². The van der Waals surface area contributed by atoms with Crippen molar-refractivity contribution in [3.63, 3.8) is 0 Å². The molecule has 1 aromatic carbocycles. The summed E-state index contributed by atoms with van der Waals surface area (Å²) in [5, 5.41) is 4.81. The minimum atomic E-state index is -3.89. The Labute approximate surface area is 76.0 Å². The molecule has 6 heteroatoms. The highest BCUT2D eigenvalue weighted by atomic mass is 32.2. The summed E-state index contributed by atoms with van der Waals surface area (Å²) < 4.78 is 35.3. The van der Waals surface area contributed by atoms with Crippen molar-refractivity contribution < 1.29 is 12.8 Å². The normalized spacial score (nSPS) is 11.3. The third kappa shape index (κ3) is 2.16. The van der Waals surface area contributed by atoms with Gasteiger partial charge in [-0.05, 0) is 12.1 Å². The lowest BCUT2D eigenvalue weighted by molar-refractivity contribution is 0.591. The summed E-state index contributed by atoms with van der Waals surface area (Å²) in [6, 6.07) is 5.49. The highest BCUT2D eigenvalue weighted by Crippen LogP contribution is 2.17. The van der Waals surface area contributed by atoms with E-state index in [2.05, 4.69) is 0 Å². The van der Waals surface area contributed by atoms with E-state index in [4.69, 9.17) is 5.14 Å². The highest BCUT2D eigenvalue weighted by molar-refractivity contribution is 7.90. The SMILES string of the molecule is CN(c1ccccc1F)S(N)(=O)=O. The van der Waals surface area contributed by atoms with Crippen LogP contribution in [0.5, 0.6) is 0 Å². The monoisotopic (exact) mass is 204 g/mol. The maximum atomic E-state index is 13.0. The molecule has 0 radical (unpaired) electrons. The molecular formula is C7H9FN2O2S. The van der Waals surface area contributed by atoms with Crippen molar-refractivity contribution in [2.24, 2.45) is 5.14 Å². The number of nitrogens with zero attached hydrogens (tertiary/aromatic N) is 1. The zero-order valence-electron chi connectivity index (χ0n) is 6.94. The van der Waals surface area contributed by atoms with Crippen molar-refractivity contribution in [2.75, 3.05) is 11.4 Å². The van der Waals surface area contributed by atoms with Crippen LogP contribution in [-0.2, 0) is 10.2 Å². The molecule has 0 unspecified atom stereocenters. The van der Waals surface area contributed by atoms with Gasteiger partial charge < -0.3 is 0 Å². The summed E-state index contributed by atoms with van der Waals surface area (Å²) in [5.74, 6) is -0.626. The summed E-state index contributed by atoms with van der Waals surface area (Å²) in [7, 11) is -2.70. The van der Waals surface area contributed by atoms with Crippen LogP contribution in [-0.4, -0.2) is 15.5 Å². The first-order valence-corrected chi connectivity index (χ1v) is 4.94. The first kappa shape index (κ1) is 9.94. The van der Waals surface area contributed by atoms with E-state index in [1.165, 1.54) is 25.2 Å². The van der Waals surface area contributed by atoms with Gasteiger partial charge in [0.15, 0.2) is 0 Å². The second kappa shape index (κ2) is 3.31. The maximum absolute atomic E-state index is 13.0. The third-order valence-electron chi connectivity index (χ3n) is 1.57. The molecular weight excluding hydrogens is 195 g/mol. The fraction of sp³-hybridized carbons (Fsp3) is 0.143. The van der Waals surface area contributed by atoms with E-state index >= 15 is 0 Å². The Hall–Kier alpha value is -1.14. The Kier molecular flexibility index (Phi) is 2.53. The summed E-state index contributed by atoms with van der Waals surface area (Å²) >= 11 is 0. The van der Waals surface area contributed by atoms with Gasteiger partial charge in [-0.3, -0.25) is 4.31 Å². The maximum Gasteiger partial charge on any atom is 0.298 e. The van der Waals surface area contributed by atoms with E-state index in [0.29, 0.717) is 4.31 Å². The zero-order chi connectivity index (χ0) is 10.1. The molecule has 72 valence electrons.